The van der Waals surface area contributed by atoms with Gasteiger partial charge in [-0.2, -0.15) is 0 Å². The number of carbonyl (C=O) groups is 1. The zero-order valence-electron chi connectivity index (χ0n) is 13.8. The molecule has 0 saturated carbocycles. The highest BCUT2D eigenvalue weighted by atomic mass is 19.1. The van der Waals surface area contributed by atoms with Crippen molar-refractivity contribution < 1.29 is 9.18 Å². The van der Waals surface area contributed by atoms with Gasteiger partial charge >= 0.3 is 0 Å². The molecule has 0 bridgehead atoms. The van der Waals surface area contributed by atoms with E-state index in [1.807, 2.05) is 6.07 Å². The number of aryl methyl sites for hydroxylation is 1. The third kappa shape index (κ3) is 2.38. The minimum atomic E-state index is -0.507. The van der Waals surface area contributed by atoms with Crippen LogP contribution in [0.3, 0.4) is 0 Å². The Morgan fingerprint density at radius 1 is 1.08 bits per heavy atom. The summed E-state index contributed by atoms with van der Waals surface area (Å²) in [5.74, 6) is -0.803. The summed E-state index contributed by atoms with van der Waals surface area (Å²) in [5, 5.41) is 1.77. The summed E-state index contributed by atoms with van der Waals surface area (Å²) >= 11 is 0. The number of aromatic amines is 1. The van der Waals surface area contributed by atoms with E-state index in [9.17, 15) is 9.18 Å². The van der Waals surface area contributed by atoms with E-state index >= 15 is 0 Å². The first-order valence-electron chi connectivity index (χ1n) is 8.22. The summed E-state index contributed by atoms with van der Waals surface area (Å²) in [4.78, 5) is 15.2. The first-order valence-corrected chi connectivity index (χ1v) is 8.22. The van der Waals surface area contributed by atoms with E-state index in [1.165, 1.54) is 11.6 Å². The molecular weight excluding hydrogens is 315 g/mol. The van der Waals surface area contributed by atoms with E-state index in [0.717, 1.165) is 28.3 Å². The number of nitrogens with one attached hydrogen (secondary N) is 1. The SMILES string of the molecule is CCc1ccc2c(c1)[nH]c1c(C(N)=O)ccc(-c3ccccc3F)c12. The molecule has 0 saturated heterocycles. The second-order valence-electron chi connectivity index (χ2n) is 6.11. The van der Waals surface area contributed by atoms with Gasteiger partial charge in [0.1, 0.15) is 5.82 Å². The number of hydrogen-bond acceptors (Lipinski definition) is 1. The predicted octanol–water partition coefficient (Wildman–Crippen LogP) is 4.79. The van der Waals surface area contributed by atoms with Crippen LogP contribution in [0.5, 0.6) is 0 Å². The Hall–Kier alpha value is -3.14. The topological polar surface area (TPSA) is 58.9 Å². The highest BCUT2D eigenvalue weighted by molar-refractivity contribution is 6.19. The highest BCUT2D eigenvalue weighted by Gasteiger charge is 2.18. The normalized spacial score (nSPS) is 11.3. The second kappa shape index (κ2) is 5.74. The maximum Gasteiger partial charge on any atom is 0.250 e. The molecule has 3 aromatic carbocycles. The molecule has 0 atom stereocenters. The van der Waals surface area contributed by atoms with Gasteiger partial charge in [0, 0.05) is 21.9 Å². The van der Waals surface area contributed by atoms with Gasteiger partial charge in [-0.3, -0.25) is 4.79 Å². The molecule has 3 N–H and O–H groups in total. The zero-order valence-corrected chi connectivity index (χ0v) is 13.8. The molecule has 0 spiro atoms. The van der Waals surface area contributed by atoms with Crippen LogP contribution in [0.25, 0.3) is 32.9 Å². The predicted molar refractivity (Wildman–Crippen MR) is 99.1 cm³/mol. The number of nitrogens with two attached hydrogens (primary N) is 1. The van der Waals surface area contributed by atoms with Crippen LogP contribution in [0.1, 0.15) is 22.8 Å². The van der Waals surface area contributed by atoms with Gasteiger partial charge in [-0.05, 0) is 35.7 Å². The van der Waals surface area contributed by atoms with Crippen molar-refractivity contribution in [2.24, 2.45) is 5.73 Å². The lowest BCUT2D eigenvalue weighted by molar-refractivity contribution is 0.100. The summed E-state index contributed by atoms with van der Waals surface area (Å²) in [6.45, 7) is 2.09. The molecule has 4 rings (SSSR count). The first-order chi connectivity index (χ1) is 12.1. The molecule has 0 unspecified atom stereocenters. The summed E-state index contributed by atoms with van der Waals surface area (Å²) in [6, 6.07) is 16.2. The van der Waals surface area contributed by atoms with E-state index in [-0.39, 0.29) is 5.82 Å². The maximum absolute atomic E-state index is 14.4. The van der Waals surface area contributed by atoms with Crippen molar-refractivity contribution in [2.45, 2.75) is 13.3 Å². The lowest BCUT2D eigenvalue weighted by Crippen LogP contribution is -2.11. The minimum Gasteiger partial charge on any atom is -0.366 e. The van der Waals surface area contributed by atoms with Crippen LogP contribution in [0.2, 0.25) is 0 Å². The van der Waals surface area contributed by atoms with Gasteiger partial charge in [0.15, 0.2) is 0 Å². The van der Waals surface area contributed by atoms with Crippen molar-refractivity contribution in [3.8, 4) is 11.1 Å². The third-order valence-corrected chi connectivity index (χ3v) is 4.66. The Morgan fingerprint density at radius 3 is 2.60 bits per heavy atom. The van der Waals surface area contributed by atoms with E-state index in [4.69, 9.17) is 5.73 Å². The number of fused-ring (bicyclic) bond motifs is 3. The fourth-order valence-corrected chi connectivity index (χ4v) is 3.39. The number of primary amides is 1. The van der Waals surface area contributed by atoms with Crippen molar-refractivity contribution in [3.05, 3.63) is 71.5 Å². The van der Waals surface area contributed by atoms with Crippen LogP contribution in [0.15, 0.2) is 54.6 Å². The quantitative estimate of drug-likeness (QED) is 0.557. The molecule has 4 heteroatoms. The molecule has 0 fully saturated rings. The zero-order chi connectivity index (χ0) is 17.6. The number of H-pyrrole nitrogens is 1. The molecule has 1 amide bonds. The molecule has 0 aliphatic carbocycles. The fraction of sp³-hybridized carbons (Fsp3) is 0.0952. The van der Waals surface area contributed by atoms with Crippen molar-refractivity contribution in [1.82, 2.24) is 4.98 Å². The van der Waals surface area contributed by atoms with E-state index in [2.05, 4.69) is 24.0 Å². The molecule has 4 aromatic rings. The third-order valence-electron chi connectivity index (χ3n) is 4.66. The summed E-state index contributed by atoms with van der Waals surface area (Å²) < 4.78 is 14.4. The number of amides is 1. The Bertz CT molecular complexity index is 1130. The summed E-state index contributed by atoms with van der Waals surface area (Å²) in [6.07, 6.45) is 0.911. The Labute approximate surface area is 144 Å². The van der Waals surface area contributed by atoms with Crippen molar-refractivity contribution in [2.75, 3.05) is 0 Å². The van der Waals surface area contributed by atoms with Gasteiger partial charge in [-0.25, -0.2) is 4.39 Å². The molecule has 1 heterocycles. The average molecular weight is 332 g/mol. The van der Waals surface area contributed by atoms with Gasteiger partial charge in [-0.1, -0.05) is 43.3 Å². The molecule has 0 radical (unpaired) electrons. The van der Waals surface area contributed by atoms with Crippen LogP contribution >= 0.6 is 0 Å². The van der Waals surface area contributed by atoms with E-state index in [0.29, 0.717) is 16.6 Å². The van der Waals surface area contributed by atoms with Crippen LogP contribution in [-0.2, 0) is 6.42 Å². The van der Waals surface area contributed by atoms with Crippen LogP contribution in [0.4, 0.5) is 4.39 Å². The molecule has 3 nitrogen and oxygen atoms in total. The Morgan fingerprint density at radius 2 is 1.88 bits per heavy atom. The van der Waals surface area contributed by atoms with E-state index < -0.39 is 5.91 Å². The van der Waals surface area contributed by atoms with E-state index in [1.54, 1.807) is 30.3 Å². The summed E-state index contributed by atoms with van der Waals surface area (Å²) in [5.41, 5.74) is 9.95. The Kier molecular flexibility index (Phi) is 3.53. The molecule has 0 aliphatic rings. The van der Waals surface area contributed by atoms with Gasteiger partial charge in [-0.15, -0.1) is 0 Å². The number of benzene rings is 3. The van der Waals surface area contributed by atoms with Gasteiger partial charge in [0.2, 0.25) is 0 Å². The fourth-order valence-electron chi connectivity index (χ4n) is 3.39. The lowest BCUT2D eigenvalue weighted by Gasteiger charge is -2.08. The number of aromatic nitrogens is 1. The minimum absolute atomic E-state index is 0.296. The second-order valence-corrected chi connectivity index (χ2v) is 6.11. The number of rotatable bonds is 3. The van der Waals surface area contributed by atoms with Gasteiger partial charge < -0.3 is 10.7 Å². The van der Waals surface area contributed by atoms with Crippen molar-refractivity contribution in [3.63, 3.8) is 0 Å². The monoisotopic (exact) mass is 332 g/mol. The van der Waals surface area contributed by atoms with Crippen LogP contribution in [0, 0.1) is 5.82 Å². The number of halogens is 1. The average Bonchev–Trinajstić information content (AvgIpc) is 2.99. The number of hydrogen-bond donors (Lipinski definition) is 2. The standard InChI is InChI=1S/C21H17FN2O/c1-2-12-7-8-15-18(11-12)24-20-16(21(23)25)10-9-14(19(15)20)13-5-3-4-6-17(13)22/h3-11,24H,2H2,1H3,(H2,23,25). The van der Waals surface area contributed by atoms with Gasteiger partial charge in [0.05, 0.1) is 11.1 Å². The van der Waals surface area contributed by atoms with Gasteiger partial charge in [0.25, 0.3) is 5.91 Å². The molecule has 124 valence electrons. The molecule has 25 heavy (non-hydrogen) atoms. The maximum atomic E-state index is 14.4. The van der Waals surface area contributed by atoms with Crippen LogP contribution < -0.4 is 5.73 Å². The smallest absolute Gasteiger partial charge is 0.250 e. The first kappa shape index (κ1) is 15.4. The largest absolute Gasteiger partial charge is 0.366 e. The van der Waals surface area contributed by atoms with Crippen molar-refractivity contribution in [1.29, 1.82) is 0 Å². The molecule has 0 aliphatic heterocycles. The lowest BCUT2D eigenvalue weighted by atomic mass is 9.96. The Balaban J connectivity index is 2.16. The summed E-state index contributed by atoms with van der Waals surface area (Å²) in [7, 11) is 0. The highest BCUT2D eigenvalue weighted by Crippen LogP contribution is 2.37. The molecule has 1 aromatic heterocycles. The van der Waals surface area contributed by atoms with Crippen molar-refractivity contribution >= 4 is 27.7 Å². The number of carbonyl (C=O) groups excluding carboxylic acids is 1. The molecular formula is C21H17FN2O. The van der Waals surface area contributed by atoms with Crippen LogP contribution in [-0.4, -0.2) is 10.9 Å².